The van der Waals surface area contributed by atoms with Crippen molar-refractivity contribution in [1.29, 1.82) is 0 Å². The zero-order chi connectivity index (χ0) is 20.4. The van der Waals surface area contributed by atoms with Crippen molar-refractivity contribution in [2.24, 2.45) is 4.99 Å². The molecule has 29 heavy (non-hydrogen) atoms. The Hall–Kier alpha value is -1.06. The molecule has 0 spiro atoms. The van der Waals surface area contributed by atoms with E-state index in [2.05, 4.69) is 71.3 Å². The van der Waals surface area contributed by atoms with Crippen molar-refractivity contribution in [3.05, 3.63) is 29.3 Å². The summed E-state index contributed by atoms with van der Waals surface area (Å²) in [7, 11) is 1.82. The lowest BCUT2D eigenvalue weighted by Crippen LogP contribution is -2.49. The first-order chi connectivity index (χ1) is 13.5. The van der Waals surface area contributed by atoms with Crippen LogP contribution in [0.3, 0.4) is 0 Å². The van der Waals surface area contributed by atoms with E-state index in [9.17, 15) is 0 Å². The average molecular weight is 518 g/mol. The summed E-state index contributed by atoms with van der Waals surface area (Å²) < 4.78 is 6.11. The number of aryl methyl sites for hydroxylation is 1. The second-order valence-electron chi connectivity index (χ2n) is 7.58. The average Bonchev–Trinajstić information content (AvgIpc) is 2.72. The van der Waals surface area contributed by atoms with Crippen molar-refractivity contribution >= 4 is 29.9 Å². The minimum atomic E-state index is 0. The summed E-state index contributed by atoms with van der Waals surface area (Å²) in [5.41, 5.74) is 2.37. The summed E-state index contributed by atoms with van der Waals surface area (Å²) in [4.78, 5) is 9.39. The third-order valence-electron chi connectivity index (χ3n) is 5.43. The lowest BCUT2D eigenvalue weighted by Gasteiger charge is -2.34. The van der Waals surface area contributed by atoms with Gasteiger partial charge in [-0.1, -0.05) is 26.0 Å². The fraction of sp³-hybridized carbons (Fsp3) is 0.682. The maximum atomic E-state index is 6.11. The van der Waals surface area contributed by atoms with Crippen LogP contribution in [0.5, 0.6) is 5.75 Å². The first-order valence-corrected chi connectivity index (χ1v) is 10.7. The zero-order valence-electron chi connectivity index (χ0n) is 18.8. The number of nitrogens with one attached hydrogen (secondary N) is 2. The molecule has 1 aromatic rings. The highest BCUT2D eigenvalue weighted by atomic mass is 127. The molecular formula is C22H40IN5O. The van der Waals surface area contributed by atoms with E-state index in [0.717, 1.165) is 56.4 Å². The number of benzene rings is 1. The Morgan fingerprint density at radius 3 is 2.45 bits per heavy atom. The first-order valence-electron chi connectivity index (χ1n) is 10.7. The Balaban J connectivity index is 0.00000420. The molecule has 166 valence electrons. The van der Waals surface area contributed by atoms with Gasteiger partial charge in [0.15, 0.2) is 5.96 Å². The molecule has 6 nitrogen and oxygen atoms in total. The number of likely N-dealkylation sites (N-methyl/N-ethyl adjacent to an activating group) is 1. The van der Waals surface area contributed by atoms with Crippen molar-refractivity contribution in [3.63, 3.8) is 0 Å². The number of halogens is 1. The molecule has 1 aliphatic heterocycles. The fourth-order valence-electron chi connectivity index (χ4n) is 3.28. The van der Waals surface area contributed by atoms with Crippen molar-refractivity contribution in [2.45, 2.75) is 46.8 Å². The predicted molar refractivity (Wildman–Crippen MR) is 134 cm³/mol. The first kappa shape index (κ1) is 26.0. The monoisotopic (exact) mass is 517 g/mol. The molecule has 1 aromatic carbocycles. The third-order valence-corrected chi connectivity index (χ3v) is 5.43. The summed E-state index contributed by atoms with van der Waals surface area (Å²) in [6.07, 6.45) is 1.21. The van der Waals surface area contributed by atoms with Crippen molar-refractivity contribution < 1.29 is 4.74 Å². The number of aliphatic imine (C=N–C) groups is 1. The summed E-state index contributed by atoms with van der Waals surface area (Å²) in [6.45, 7) is 17.1. The lowest BCUT2D eigenvalue weighted by atomic mass is 10.1. The van der Waals surface area contributed by atoms with Crippen LogP contribution < -0.4 is 15.4 Å². The molecule has 1 heterocycles. The van der Waals surface area contributed by atoms with E-state index < -0.39 is 0 Å². The van der Waals surface area contributed by atoms with Crippen LogP contribution in [0.25, 0.3) is 0 Å². The Morgan fingerprint density at radius 2 is 1.83 bits per heavy atom. The standard InChI is InChI=1S/C22H39N5O.HI/c1-6-19(4)28-21-16-18(3)8-9-20(21)17-25-22(23-5)24-10-11-27-14-12-26(7-2)13-15-27;/h8-9,16,19H,6-7,10-15,17H2,1-5H3,(H2,23,24,25);1H. The van der Waals surface area contributed by atoms with Crippen LogP contribution in [-0.4, -0.2) is 74.7 Å². The molecular weight excluding hydrogens is 477 g/mol. The van der Waals surface area contributed by atoms with Crippen LogP contribution in [0.1, 0.15) is 38.3 Å². The molecule has 1 fully saturated rings. The largest absolute Gasteiger partial charge is 0.490 e. The number of hydrogen-bond acceptors (Lipinski definition) is 4. The van der Waals surface area contributed by atoms with Gasteiger partial charge in [0, 0.05) is 58.4 Å². The quantitative estimate of drug-likeness (QED) is 0.300. The molecule has 0 radical (unpaired) electrons. The molecule has 0 bridgehead atoms. The predicted octanol–water partition coefficient (Wildman–Crippen LogP) is 3.09. The summed E-state index contributed by atoms with van der Waals surface area (Å²) in [5, 5.41) is 6.86. The Labute approximate surface area is 194 Å². The smallest absolute Gasteiger partial charge is 0.191 e. The van der Waals surface area contributed by atoms with Crippen LogP contribution in [0.4, 0.5) is 0 Å². The van der Waals surface area contributed by atoms with Crippen molar-refractivity contribution in [2.75, 3.05) is 52.9 Å². The minimum absolute atomic E-state index is 0. The number of nitrogens with zero attached hydrogens (tertiary/aromatic N) is 3. The van der Waals surface area contributed by atoms with Gasteiger partial charge in [0.25, 0.3) is 0 Å². The van der Waals surface area contributed by atoms with Gasteiger partial charge in [-0.15, -0.1) is 24.0 Å². The second-order valence-corrected chi connectivity index (χ2v) is 7.58. The van der Waals surface area contributed by atoms with Crippen molar-refractivity contribution in [3.8, 4) is 5.75 Å². The van der Waals surface area contributed by atoms with E-state index >= 15 is 0 Å². The zero-order valence-corrected chi connectivity index (χ0v) is 21.2. The SMILES string of the molecule is CCC(C)Oc1cc(C)ccc1CNC(=NC)NCCN1CCN(CC)CC1.I. The summed E-state index contributed by atoms with van der Waals surface area (Å²) >= 11 is 0. The van der Waals surface area contributed by atoms with E-state index in [1.165, 1.54) is 18.7 Å². The Bertz CT molecular complexity index is 617. The van der Waals surface area contributed by atoms with E-state index in [4.69, 9.17) is 4.74 Å². The van der Waals surface area contributed by atoms with Crippen LogP contribution in [-0.2, 0) is 6.54 Å². The molecule has 1 saturated heterocycles. The highest BCUT2D eigenvalue weighted by Crippen LogP contribution is 2.22. The van der Waals surface area contributed by atoms with Gasteiger partial charge in [-0.3, -0.25) is 9.89 Å². The molecule has 1 unspecified atom stereocenters. The molecule has 0 saturated carbocycles. The normalized spacial score (nSPS) is 16.8. The van der Waals surface area contributed by atoms with Crippen molar-refractivity contribution in [1.82, 2.24) is 20.4 Å². The maximum Gasteiger partial charge on any atom is 0.191 e. The van der Waals surface area contributed by atoms with E-state index in [1.54, 1.807) is 0 Å². The van der Waals surface area contributed by atoms with Crippen LogP contribution in [0.15, 0.2) is 23.2 Å². The topological polar surface area (TPSA) is 52.1 Å². The lowest BCUT2D eigenvalue weighted by molar-refractivity contribution is 0.139. The summed E-state index contributed by atoms with van der Waals surface area (Å²) in [5.74, 6) is 1.80. The number of piperazine rings is 1. The number of hydrogen-bond donors (Lipinski definition) is 2. The highest BCUT2D eigenvalue weighted by Gasteiger charge is 2.15. The Kier molecular flexibility index (Phi) is 12.6. The molecule has 7 heteroatoms. The second kappa shape index (κ2) is 14.0. The molecule has 1 aliphatic rings. The van der Waals surface area contributed by atoms with Gasteiger partial charge in [0.2, 0.25) is 0 Å². The minimum Gasteiger partial charge on any atom is -0.490 e. The van der Waals surface area contributed by atoms with Gasteiger partial charge in [-0.05, 0) is 38.4 Å². The van der Waals surface area contributed by atoms with Gasteiger partial charge in [-0.2, -0.15) is 0 Å². The molecule has 0 amide bonds. The third kappa shape index (κ3) is 9.09. The van der Waals surface area contributed by atoms with E-state index in [1.807, 2.05) is 7.05 Å². The van der Waals surface area contributed by atoms with E-state index in [-0.39, 0.29) is 30.1 Å². The van der Waals surface area contributed by atoms with Gasteiger partial charge >= 0.3 is 0 Å². The highest BCUT2D eigenvalue weighted by molar-refractivity contribution is 14.0. The molecule has 2 N–H and O–H groups in total. The van der Waals surface area contributed by atoms with Crippen LogP contribution in [0, 0.1) is 6.92 Å². The van der Waals surface area contributed by atoms with E-state index in [0.29, 0.717) is 6.54 Å². The maximum absolute atomic E-state index is 6.11. The number of ether oxygens (including phenoxy) is 1. The van der Waals surface area contributed by atoms with Crippen LogP contribution in [0.2, 0.25) is 0 Å². The number of guanidine groups is 1. The fourth-order valence-corrected chi connectivity index (χ4v) is 3.28. The van der Waals surface area contributed by atoms with Gasteiger partial charge < -0.3 is 20.3 Å². The van der Waals surface area contributed by atoms with Crippen LogP contribution >= 0.6 is 24.0 Å². The molecule has 2 rings (SSSR count). The van der Waals surface area contributed by atoms with Gasteiger partial charge in [-0.25, -0.2) is 0 Å². The Morgan fingerprint density at radius 1 is 1.14 bits per heavy atom. The summed E-state index contributed by atoms with van der Waals surface area (Å²) in [6, 6.07) is 6.39. The molecule has 0 aliphatic carbocycles. The molecule has 0 aromatic heterocycles. The van der Waals surface area contributed by atoms with Gasteiger partial charge in [0.1, 0.15) is 5.75 Å². The van der Waals surface area contributed by atoms with Gasteiger partial charge in [0.05, 0.1) is 6.10 Å². The molecule has 1 atom stereocenters. The number of rotatable bonds is 9.